The number of rotatable bonds is 5. The predicted octanol–water partition coefficient (Wildman–Crippen LogP) is 2.81. The molecule has 0 aromatic heterocycles. The molecule has 2 aliphatic rings. The molecule has 0 saturated carbocycles. The zero-order chi connectivity index (χ0) is 23.4. The Bertz CT molecular complexity index is 1020. The van der Waals surface area contributed by atoms with E-state index in [4.69, 9.17) is 4.74 Å². The van der Waals surface area contributed by atoms with Crippen molar-refractivity contribution in [2.24, 2.45) is 0 Å². The molecule has 4 rings (SSSR count). The van der Waals surface area contributed by atoms with E-state index in [9.17, 15) is 9.59 Å². The van der Waals surface area contributed by atoms with Gasteiger partial charge in [-0.05, 0) is 61.1 Å². The molecule has 33 heavy (non-hydrogen) atoms. The molecule has 1 atom stereocenters. The molecule has 0 aliphatic carbocycles. The second kappa shape index (κ2) is 10.4. The molecule has 0 unspecified atom stereocenters. The Morgan fingerprint density at radius 1 is 1.03 bits per heavy atom. The zero-order valence-electron chi connectivity index (χ0n) is 19.8. The van der Waals surface area contributed by atoms with Gasteiger partial charge in [-0.3, -0.25) is 14.5 Å². The van der Waals surface area contributed by atoms with Crippen LogP contribution in [0.4, 0.5) is 11.4 Å². The van der Waals surface area contributed by atoms with Gasteiger partial charge in [0.1, 0.15) is 0 Å². The van der Waals surface area contributed by atoms with E-state index in [1.807, 2.05) is 32.0 Å². The first-order valence-corrected chi connectivity index (χ1v) is 11.7. The van der Waals surface area contributed by atoms with Gasteiger partial charge in [-0.2, -0.15) is 0 Å². The molecule has 7 nitrogen and oxygen atoms in total. The van der Waals surface area contributed by atoms with Crippen molar-refractivity contribution >= 4 is 23.2 Å². The molecule has 2 amide bonds. The molecule has 7 heteroatoms. The summed E-state index contributed by atoms with van der Waals surface area (Å²) in [4.78, 5) is 29.9. The van der Waals surface area contributed by atoms with E-state index in [1.54, 1.807) is 0 Å². The number of carbonyl (C=O) groups excluding carboxylic acids is 2. The maximum atomic E-state index is 12.7. The highest BCUT2D eigenvalue weighted by molar-refractivity contribution is 6.39. The highest BCUT2D eigenvalue weighted by atomic mass is 16.5. The lowest BCUT2D eigenvalue weighted by molar-refractivity contribution is -0.136. The number of hydrogen-bond acceptors (Lipinski definition) is 5. The minimum atomic E-state index is -0.642. The second-order valence-corrected chi connectivity index (χ2v) is 9.06. The number of amides is 2. The highest BCUT2D eigenvalue weighted by Crippen LogP contribution is 2.31. The van der Waals surface area contributed by atoms with Crippen LogP contribution >= 0.6 is 0 Å². The number of benzene rings is 2. The second-order valence-electron chi connectivity index (χ2n) is 9.06. The minimum absolute atomic E-state index is 0.0103. The molecule has 176 valence electrons. The molecule has 0 bridgehead atoms. The van der Waals surface area contributed by atoms with Crippen molar-refractivity contribution < 1.29 is 14.3 Å². The number of nitrogens with one attached hydrogen (secondary N) is 2. The van der Waals surface area contributed by atoms with E-state index in [0.717, 1.165) is 43.6 Å². The van der Waals surface area contributed by atoms with E-state index in [0.29, 0.717) is 25.4 Å². The molecule has 2 aromatic carbocycles. The number of fused-ring (bicyclic) bond motifs is 1. The Labute approximate surface area is 196 Å². The molecular formula is C26H34N4O3. The van der Waals surface area contributed by atoms with Crippen LogP contribution in [0.25, 0.3) is 0 Å². The molecule has 0 radical (unpaired) electrons. The van der Waals surface area contributed by atoms with Crippen LogP contribution in [0.1, 0.15) is 34.7 Å². The van der Waals surface area contributed by atoms with Crippen LogP contribution in [0.15, 0.2) is 36.4 Å². The van der Waals surface area contributed by atoms with Gasteiger partial charge in [-0.15, -0.1) is 0 Å². The molecule has 2 aromatic rings. The summed E-state index contributed by atoms with van der Waals surface area (Å²) < 4.78 is 5.54. The fourth-order valence-electron chi connectivity index (χ4n) is 4.68. The van der Waals surface area contributed by atoms with E-state index in [2.05, 4.69) is 45.7 Å². The molecule has 2 heterocycles. The number of aryl methyl sites for hydroxylation is 3. The van der Waals surface area contributed by atoms with Crippen LogP contribution in [-0.2, 0) is 20.7 Å². The van der Waals surface area contributed by atoms with Gasteiger partial charge >= 0.3 is 11.8 Å². The maximum Gasteiger partial charge on any atom is 0.313 e. The number of hydrogen-bond donors (Lipinski definition) is 2. The summed E-state index contributed by atoms with van der Waals surface area (Å²) in [6, 6.07) is 12.4. The lowest BCUT2D eigenvalue weighted by Gasteiger charge is -2.36. The highest BCUT2D eigenvalue weighted by Gasteiger charge is 2.26. The predicted molar refractivity (Wildman–Crippen MR) is 131 cm³/mol. The van der Waals surface area contributed by atoms with Gasteiger partial charge < -0.3 is 20.3 Å². The van der Waals surface area contributed by atoms with Crippen molar-refractivity contribution in [3.05, 3.63) is 58.7 Å². The van der Waals surface area contributed by atoms with Gasteiger partial charge in [0.25, 0.3) is 0 Å². The number of carbonyl (C=O) groups is 2. The van der Waals surface area contributed by atoms with Gasteiger partial charge in [0.15, 0.2) is 0 Å². The first kappa shape index (κ1) is 23.3. The van der Waals surface area contributed by atoms with Crippen molar-refractivity contribution in [2.45, 2.75) is 32.7 Å². The third kappa shape index (κ3) is 5.54. The number of morpholine rings is 1. The average Bonchev–Trinajstić information content (AvgIpc) is 2.82. The van der Waals surface area contributed by atoms with E-state index >= 15 is 0 Å². The summed E-state index contributed by atoms with van der Waals surface area (Å²) in [5.41, 5.74) is 6.41. The first-order chi connectivity index (χ1) is 15.9. The largest absolute Gasteiger partial charge is 0.379 e. The summed E-state index contributed by atoms with van der Waals surface area (Å²) >= 11 is 0. The van der Waals surface area contributed by atoms with Gasteiger partial charge in [0.05, 0.1) is 19.3 Å². The van der Waals surface area contributed by atoms with Gasteiger partial charge in [0.2, 0.25) is 0 Å². The zero-order valence-corrected chi connectivity index (χ0v) is 19.8. The van der Waals surface area contributed by atoms with Crippen LogP contribution < -0.4 is 15.5 Å². The summed E-state index contributed by atoms with van der Waals surface area (Å²) in [5.74, 6) is -1.26. The summed E-state index contributed by atoms with van der Waals surface area (Å²) in [7, 11) is 2.13. The lowest BCUT2D eigenvalue weighted by Crippen LogP contribution is -2.45. The van der Waals surface area contributed by atoms with Crippen molar-refractivity contribution in [1.82, 2.24) is 10.2 Å². The number of anilines is 2. The van der Waals surface area contributed by atoms with Gasteiger partial charge in [-0.1, -0.05) is 24.3 Å². The third-order valence-corrected chi connectivity index (χ3v) is 6.63. The lowest BCUT2D eigenvalue weighted by atomic mass is 9.95. The fraction of sp³-hybridized carbons (Fsp3) is 0.462. The Balaban J connectivity index is 1.47. The summed E-state index contributed by atoms with van der Waals surface area (Å²) in [6.45, 7) is 8.25. The van der Waals surface area contributed by atoms with Crippen LogP contribution in [0.2, 0.25) is 0 Å². The Morgan fingerprint density at radius 2 is 1.82 bits per heavy atom. The van der Waals surface area contributed by atoms with Crippen molar-refractivity contribution in [2.75, 3.05) is 56.7 Å². The van der Waals surface area contributed by atoms with Gasteiger partial charge in [0, 0.05) is 44.6 Å². The molecule has 1 saturated heterocycles. The van der Waals surface area contributed by atoms with Crippen LogP contribution in [0.5, 0.6) is 0 Å². The topological polar surface area (TPSA) is 73.9 Å². The smallest absolute Gasteiger partial charge is 0.313 e. The number of ether oxygens (including phenoxy) is 1. The average molecular weight is 451 g/mol. The van der Waals surface area contributed by atoms with E-state index < -0.39 is 11.8 Å². The standard InChI is InChI=1S/C26H34N4O3/c1-18-6-7-19(2)22(15-18)28-26(32)25(31)27-17-24(30-11-13-33-14-12-30)21-8-9-23-20(16-21)5-4-10-29(23)3/h6-9,15-16,24H,4-5,10-14,17H2,1-3H3,(H,27,31)(H,28,32)/t24-/m1/s1. The van der Waals surface area contributed by atoms with Crippen LogP contribution in [0, 0.1) is 13.8 Å². The normalized spacial score (nSPS) is 17.2. The Kier molecular flexibility index (Phi) is 7.30. The van der Waals surface area contributed by atoms with E-state index in [-0.39, 0.29) is 6.04 Å². The summed E-state index contributed by atoms with van der Waals surface area (Å²) in [6.07, 6.45) is 2.21. The van der Waals surface area contributed by atoms with Crippen molar-refractivity contribution in [3.8, 4) is 0 Å². The van der Waals surface area contributed by atoms with Crippen LogP contribution in [0.3, 0.4) is 0 Å². The number of nitrogens with zero attached hydrogens (tertiary/aromatic N) is 2. The minimum Gasteiger partial charge on any atom is -0.379 e. The van der Waals surface area contributed by atoms with Gasteiger partial charge in [-0.25, -0.2) is 0 Å². The molecule has 1 fully saturated rings. The fourth-order valence-corrected chi connectivity index (χ4v) is 4.68. The molecule has 2 N–H and O–H groups in total. The maximum absolute atomic E-state index is 12.7. The first-order valence-electron chi connectivity index (χ1n) is 11.7. The molecule has 2 aliphatic heterocycles. The SMILES string of the molecule is Cc1ccc(C)c(NC(=O)C(=O)NC[C@H](c2ccc3c(c2)CCCN3C)N2CCOCC2)c1. The molecular weight excluding hydrogens is 416 g/mol. The third-order valence-electron chi connectivity index (χ3n) is 6.63. The van der Waals surface area contributed by atoms with Crippen LogP contribution in [-0.4, -0.2) is 63.2 Å². The van der Waals surface area contributed by atoms with Crippen molar-refractivity contribution in [1.29, 1.82) is 0 Å². The monoisotopic (exact) mass is 450 g/mol. The molecule has 0 spiro atoms. The Hall–Kier alpha value is -2.90. The quantitative estimate of drug-likeness (QED) is 0.686. The Morgan fingerprint density at radius 3 is 2.61 bits per heavy atom. The summed E-state index contributed by atoms with van der Waals surface area (Å²) in [5, 5.41) is 5.63. The van der Waals surface area contributed by atoms with Crippen molar-refractivity contribution in [3.63, 3.8) is 0 Å². The van der Waals surface area contributed by atoms with E-state index in [1.165, 1.54) is 16.8 Å².